The molecule has 18 heteroatoms. The molecule has 0 bridgehead atoms. The fraction of sp³-hybridized carbons (Fsp3) is 0.261. The van der Waals surface area contributed by atoms with Gasteiger partial charge in [-0.25, -0.2) is 14.6 Å². The summed E-state index contributed by atoms with van der Waals surface area (Å²) in [6, 6.07) is 4.25. The number of carbonyl (C=O) groups excluding carboxylic acids is 2. The monoisotopic (exact) mass is 621 g/mol. The molecule has 0 aromatic carbocycles. The lowest BCUT2D eigenvalue weighted by Crippen LogP contribution is -2.71. The molecule has 2 aliphatic heterocycles. The Hall–Kier alpha value is -4.35. The number of aromatic amines is 1. The number of nitrogen functional groups attached to an aromatic ring is 2. The van der Waals surface area contributed by atoms with E-state index >= 15 is 0 Å². The highest BCUT2D eigenvalue weighted by Crippen LogP contribution is 2.40. The molecule has 0 aliphatic carbocycles. The molecule has 3 aromatic rings. The number of nitrogens with zero attached hydrogens (tertiary/aromatic N) is 4. The lowest BCUT2D eigenvalue weighted by molar-refractivity contribution is -0.663. The molecule has 2 amide bonds. The lowest BCUT2D eigenvalue weighted by Gasteiger charge is -2.49. The van der Waals surface area contributed by atoms with Gasteiger partial charge in [-0.3, -0.25) is 14.5 Å². The van der Waals surface area contributed by atoms with E-state index in [9.17, 15) is 24.3 Å². The molecule has 3 atom stereocenters. The smallest absolute Gasteiger partial charge is 0.352 e. The molecule has 15 nitrogen and oxygen atoms in total. The Kier molecular flexibility index (Phi) is 7.50. The van der Waals surface area contributed by atoms with E-state index in [1.54, 1.807) is 18.3 Å². The van der Waals surface area contributed by atoms with E-state index < -0.39 is 47.0 Å². The van der Waals surface area contributed by atoms with Gasteiger partial charge in [0.05, 0.1) is 6.07 Å². The van der Waals surface area contributed by atoms with Crippen molar-refractivity contribution in [3.8, 4) is 0 Å². The topological polar surface area (TPSA) is 230 Å². The number of β-lactam (4-membered cyclic amide) rings is 1. The molecule has 5 heterocycles. The van der Waals surface area contributed by atoms with Gasteiger partial charge < -0.3 is 36.8 Å². The first kappa shape index (κ1) is 28.2. The minimum Gasteiger partial charge on any atom is -0.478 e. The summed E-state index contributed by atoms with van der Waals surface area (Å²) < 4.78 is 1.82. The maximum absolute atomic E-state index is 13.2. The minimum absolute atomic E-state index is 0.00554. The molecule has 1 fully saturated rings. The number of aromatic nitrogens is 3. The Labute approximate surface area is 243 Å². The zero-order valence-electron chi connectivity index (χ0n) is 21.0. The number of H-pyrrole nitrogens is 1. The molecule has 214 valence electrons. The van der Waals surface area contributed by atoms with Crippen LogP contribution in [0, 0.1) is 0 Å². The van der Waals surface area contributed by atoms with Crippen LogP contribution in [0.1, 0.15) is 12.6 Å². The number of hydrogen-bond donors (Lipinski definition) is 6. The van der Waals surface area contributed by atoms with Crippen LogP contribution in [0.4, 0.5) is 10.9 Å². The van der Waals surface area contributed by atoms with Gasteiger partial charge in [-0.05, 0) is 13.0 Å². The number of carboxylic acid groups (broad SMARTS) is 2. The van der Waals surface area contributed by atoms with Gasteiger partial charge >= 0.3 is 11.9 Å². The molecule has 1 unspecified atom stereocenters. The highest BCUT2D eigenvalue weighted by molar-refractivity contribution is 8.00. The van der Waals surface area contributed by atoms with Gasteiger partial charge in [0, 0.05) is 17.4 Å². The predicted molar refractivity (Wildman–Crippen MR) is 149 cm³/mol. The van der Waals surface area contributed by atoms with Crippen molar-refractivity contribution in [3.63, 3.8) is 0 Å². The number of nitrogens with two attached hydrogens (primary N) is 2. The first-order valence-electron chi connectivity index (χ1n) is 11.8. The fourth-order valence-electron chi connectivity index (χ4n) is 4.36. The molecule has 0 spiro atoms. The number of pyridine rings is 1. The van der Waals surface area contributed by atoms with Crippen LogP contribution in [-0.4, -0.2) is 77.8 Å². The average molecular weight is 622 g/mol. The summed E-state index contributed by atoms with van der Waals surface area (Å²) in [6.45, 7) is 1.39. The number of hydrogen-bond acceptors (Lipinski definition) is 11. The third kappa shape index (κ3) is 5.25. The molecular weight excluding hydrogens is 600 g/mol. The predicted octanol–water partition coefficient (Wildman–Crippen LogP) is 0.362. The Morgan fingerprint density at radius 2 is 2.15 bits per heavy atom. The lowest BCUT2D eigenvalue weighted by atomic mass is 10.0. The van der Waals surface area contributed by atoms with Gasteiger partial charge in [0.2, 0.25) is 11.6 Å². The van der Waals surface area contributed by atoms with Gasteiger partial charge in [0.15, 0.2) is 23.6 Å². The largest absolute Gasteiger partial charge is 0.478 e. The minimum atomic E-state index is -1.41. The van der Waals surface area contributed by atoms with Crippen molar-refractivity contribution in [2.24, 2.45) is 5.16 Å². The van der Waals surface area contributed by atoms with E-state index in [0.29, 0.717) is 11.4 Å². The van der Waals surface area contributed by atoms with Crippen molar-refractivity contribution < 1.29 is 38.8 Å². The third-order valence-corrected chi connectivity index (χ3v) is 8.70. The summed E-state index contributed by atoms with van der Waals surface area (Å²) in [4.78, 5) is 62.9. The van der Waals surface area contributed by atoms with Crippen molar-refractivity contribution >= 4 is 86.1 Å². The Balaban J connectivity index is 1.39. The van der Waals surface area contributed by atoms with Gasteiger partial charge in [0.25, 0.3) is 11.8 Å². The highest BCUT2D eigenvalue weighted by Gasteiger charge is 2.55. The number of carbonyl (C=O) groups is 4. The van der Waals surface area contributed by atoms with E-state index in [0.717, 1.165) is 27.3 Å². The molecule has 3 aromatic heterocycles. The van der Waals surface area contributed by atoms with Gasteiger partial charge in [-0.15, -0.1) is 11.8 Å². The number of carboxylic acids is 2. The van der Waals surface area contributed by atoms with Crippen LogP contribution < -0.4 is 21.4 Å². The maximum atomic E-state index is 13.2. The molecule has 0 radical (unpaired) electrons. The molecule has 2 aliphatic rings. The average Bonchev–Trinajstić information content (AvgIpc) is 3.47. The summed E-state index contributed by atoms with van der Waals surface area (Å²) in [5.41, 5.74) is 12.8. The van der Waals surface area contributed by atoms with Crippen molar-refractivity contribution in [1.29, 1.82) is 0 Å². The summed E-state index contributed by atoms with van der Waals surface area (Å²) in [5, 5.41) is 24.6. The van der Waals surface area contributed by atoms with E-state index in [-0.39, 0.29) is 33.2 Å². The van der Waals surface area contributed by atoms with Crippen LogP contribution in [0.3, 0.4) is 0 Å². The highest BCUT2D eigenvalue weighted by atomic mass is 35.5. The van der Waals surface area contributed by atoms with E-state index in [1.807, 2.05) is 10.6 Å². The zero-order valence-corrected chi connectivity index (χ0v) is 23.4. The summed E-state index contributed by atoms with van der Waals surface area (Å²) in [7, 11) is 0. The fourth-order valence-corrected chi connectivity index (χ4v) is 6.62. The third-order valence-electron chi connectivity index (χ3n) is 6.27. The van der Waals surface area contributed by atoms with Crippen molar-refractivity contribution in [1.82, 2.24) is 20.2 Å². The van der Waals surface area contributed by atoms with E-state index in [1.165, 1.54) is 18.7 Å². The number of thiazole rings is 1. The van der Waals surface area contributed by atoms with Gasteiger partial charge in [0.1, 0.15) is 38.5 Å². The number of nitrogens with one attached hydrogen (secondary N) is 2. The van der Waals surface area contributed by atoms with Crippen LogP contribution in [0.15, 0.2) is 40.8 Å². The van der Waals surface area contributed by atoms with Gasteiger partial charge in [-0.2, -0.15) is 4.57 Å². The SMILES string of the molecule is C[C@H](O/N=C(\C(=O)NC1C(=O)N2C(C(=O)O)=C(C[n+]3cccc4[nH]c(N)cc43)CS[C@H]12)c1nc(N)sc1Cl)C(=O)O. The Bertz CT molecular complexity index is 1670. The van der Waals surface area contributed by atoms with Crippen LogP contribution in [0.2, 0.25) is 4.34 Å². The Morgan fingerprint density at radius 1 is 1.39 bits per heavy atom. The molecule has 0 saturated carbocycles. The van der Waals surface area contributed by atoms with E-state index in [2.05, 4.69) is 20.4 Å². The maximum Gasteiger partial charge on any atom is 0.352 e. The second-order valence-corrected chi connectivity index (χ2v) is 11.7. The summed E-state index contributed by atoms with van der Waals surface area (Å²) in [5.74, 6) is -3.49. The number of aliphatic carboxylic acids is 2. The number of oxime groups is 1. The Morgan fingerprint density at radius 3 is 2.80 bits per heavy atom. The number of anilines is 2. The number of fused-ring (bicyclic) bond motifs is 2. The van der Waals surface area contributed by atoms with Crippen molar-refractivity contribution in [2.75, 3.05) is 17.2 Å². The molecule has 8 N–H and O–H groups in total. The second kappa shape index (κ2) is 10.9. The standard InChI is InChI=1S/C23H21ClN8O7S2/c1-8(21(35)36)39-30-14(13-17(24)41-23(26)29-13)18(33)28-15-19(34)32-16(22(37)38)9(7-40-20(15)32)6-31-4-2-3-10-11(31)5-12(25)27-10/h2-5,8,15,20H,6-7H2,1H3,(H7,25,26,27,28,29,33,35,36,37,38)/p+1/b30-14-/t8-,15?,20+/m0/s1. The van der Waals surface area contributed by atoms with Gasteiger partial charge in [-0.1, -0.05) is 28.1 Å². The van der Waals surface area contributed by atoms with Crippen molar-refractivity contribution in [2.45, 2.75) is 31.0 Å². The molecular formula is C23H22ClN8O7S2+. The quantitative estimate of drug-likeness (QED) is 0.0826. The number of amides is 2. The second-order valence-electron chi connectivity index (χ2n) is 8.98. The number of halogens is 1. The van der Waals surface area contributed by atoms with Crippen LogP contribution in [0.25, 0.3) is 11.0 Å². The zero-order chi connectivity index (χ0) is 29.6. The summed E-state index contributed by atoms with van der Waals surface area (Å²) in [6.07, 6.45) is 0.375. The molecule has 41 heavy (non-hydrogen) atoms. The number of rotatable bonds is 9. The molecule has 5 rings (SSSR count). The number of thioether (sulfide) groups is 1. The first-order valence-corrected chi connectivity index (χ1v) is 14.1. The van der Waals surface area contributed by atoms with Crippen molar-refractivity contribution in [3.05, 3.63) is 45.7 Å². The summed E-state index contributed by atoms with van der Waals surface area (Å²) >= 11 is 8.28. The van der Waals surface area contributed by atoms with Crippen LogP contribution in [0.5, 0.6) is 0 Å². The van der Waals surface area contributed by atoms with Crippen LogP contribution in [-0.2, 0) is 30.6 Å². The molecule has 1 saturated heterocycles. The normalized spacial score (nSPS) is 19.5. The van der Waals surface area contributed by atoms with E-state index in [4.69, 9.17) is 33.0 Å². The van der Waals surface area contributed by atoms with Crippen LogP contribution >= 0.6 is 34.7 Å². The first-order chi connectivity index (χ1) is 19.5.